The van der Waals surface area contributed by atoms with Crippen molar-refractivity contribution in [3.8, 4) is 0 Å². The van der Waals surface area contributed by atoms with Crippen LogP contribution in [0.5, 0.6) is 0 Å². The molecule has 4 heteroatoms. The van der Waals surface area contributed by atoms with Gasteiger partial charge in [-0.15, -0.1) is 0 Å². The molecule has 0 saturated carbocycles. The van der Waals surface area contributed by atoms with Crippen molar-refractivity contribution in [2.75, 3.05) is 59.9 Å². The minimum Gasteiger partial charge on any atom is -0.390 e. The molecule has 0 radical (unpaired) electrons. The smallest absolute Gasteiger partial charge is 0.0603 e. The van der Waals surface area contributed by atoms with Gasteiger partial charge in [0.15, 0.2) is 0 Å². The highest BCUT2D eigenvalue weighted by Gasteiger charge is 2.19. The van der Waals surface area contributed by atoms with Gasteiger partial charge in [-0.25, -0.2) is 0 Å². The van der Waals surface area contributed by atoms with Crippen LogP contribution in [0.2, 0.25) is 0 Å². The number of nitrogens with zero attached hydrogens (tertiary/aromatic N) is 3. The lowest BCUT2D eigenvalue weighted by Gasteiger charge is -2.36. The lowest BCUT2D eigenvalue weighted by Crippen LogP contribution is -2.48. The van der Waals surface area contributed by atoms with E-state index in [4.69, 9.17) is 0 Å². The fourth-order valence-corrected chi connectivity index (χ4v) is 2.01. The van der Waals surface area contributed by atoms with Crippen molar-refractivity contribution in [2.45, 2.75) is 25.9 Å². The molecule has 1 aliphatic rings. The molecule has 17 heavy (non-hydrogen) atoms. The molecule has 0 unspecified atom stereocenters. The third-order valence-corrected chi connectivity index (χ3v) is 3.37. The van der Waals surface area contributed by atoms with E-state index in [1.807, 2.05) is 13.8 Å². The minimum atomic E-state index is -0.526. The first-order valence-electron chi connectivity index (χ1n) is 6.69. The molecule has 1 aliphatic heterocycles. The van der Waals surface area contributed by atoms with E-state index < -0.39 is 5.60 Å². The van der Waals surface area contributed by atoms with Gasteiger partial charge in [0.05, 0.1) is 5.60 Å². The van der Waals surface area contributed by atoms with E-state index in [1.54, 1.807) is 0 Å². The highest BCUT2D eigenvalue weighted by atomic mass is 16.3. The molecular weight excluding hydrogens is 214 g/mol. The van der Waals surface area contributed by atoms with Crippen molar-refractivity contribution < 1.29 is 5.11 Å². The first kappa shape index (κ1) is 14.9. The van der Waals surface area contributed by atoms with Gasteiger partial charge in [0.25, 0.3) is 0 Å². The molecule has 1 rings (SSSR count). The summed E-state index contributed by atoms with van der Waals surface area (Å²) >= 11 is 0. The standard InChI is InChI=1S/C13H29N3O/c1-13(2,17)5-6-15-9-11-16(12-10-15)8-7-14(3)4/h17H,5-12H2,1-4H3. The Morgan fingerprint density at radius 1 is 1.00 bits per heavy atom. The van der Waals surface area contributed by atoms with Gasteiger partial charge in [0.1, 0.15) is 0 Å². The van der Waals surface area contributed by atoms with Gasteiger partial charge < -0.3 is 14.9 Å². The first-order valence-corrected chi connectivity index (χ1v) is 6.69. The fraction of sp³-hybridized carbons (Fsp3) is 1.00. The molecule has 0 amide bonds. The largest absolute Gasteiger partial charge is 0.390 e. The Balaban J connectivity index is 2.13. The molecule has 0 atom stereocenters. The molecule has 0 aromatic carbocycles. The molecule has 1 fully saturated rings. The van der Waals surface area contributed by atoms with Crippen molar-refractivity contribution >= 4 is 0 Å². The van der Waals surface area contributed by atoms with Crippen molar-refractivity contribution in [2.24, 2.45) is 0 Å². The Hall–Kier alpha value is -0.160. The van der Waals surface area contributed by atoms with Crippen LogP contribution in [0, 0.1) is 0 Å². The summed E-state index contributed by atoms with van der Waals surface area (Å²) in [4.78, 5) is 7.23. The third-order valence-electron chi connectivity index (χ3n) is 3.37. The molecule has 1 N–H and O–H groups in total. The summed E-state index contributed by atoms with van der Waals surface area (Å²) in [6, 6.07) is 0. The van der Waals surface area contributed by atoms with E-state index in [1.165, 1.54) is 19.6 Å². The monoisotopic (exact) mass is 243 g/mol. The second kappa shape index (κ2) is 6.69. The van der Waals surface area contributed by atoms with Crippen LogP contribution < -0.4 is 0 Å². The average Bonchev–Trinajstić information content (AvgIpc) is 2.24. The Morgan fingerprint density at radius 3 is 1.88 bits per heavy atom. The molecule has 0 aromatic rings. The summed E-state index contributed by atoms with van der Waals surface area (Å²) in [5.74, 6) is 0. The number of aliphatic hydroxyl groups is 1. The first-order chi connectivity index (χ1) is 7.87. The predicted octanol–water partition coefficient (Wildman–Crippen LogP) is 0.327. The van der Waals surface area contributed by atoms with Gasteiger partial charge >= 0.3 is 0 Å². The van der Waals surface area contributed by atoms with Crippen LogP contribution in [-0.2, 0) is 0 Å². The lowest BCUT2D eigenvalue weighted by atomic mass is 10.1. The summed E-state index contributed by atoms with van der Waals surface area (Å²) < 4.78 is 0. The fourth-order valence-electron chi connectivity index (χ4n) is 2.01. The van der Waals surface area contributed by atoms with Crippen LogP contribution in [0.15, 0.2) is 0 Å². The van der Waals surface area contributed by atoms with Gasteiger partial charge in [-0.2, -0.15) is 0 Å². The van der Waals surface area contributed by atoms with Crippen LogP contribution >= 0.6 is 0 Å². The average molecular weight is 243 g/mol. The quantitative estimate of drug-likeness (QED) is 0.728. The lowest BCUT2D eigenvalue weighted by molar-refractivity contribution is 0.0469. The van der Waals surface area contributed by atoms with Crippen LogP contribution in [0.4, 0.5) is 0 Å². The molecule has 1 heterocycles. The van der Waals surface area contributed by atoms with Crippen LogP contribution in [-0.4, -0.2) is 85.3 Å². The SMILES string of the molecule is CN(C)CCN1CCN(CCC(C)(C)O)CC1. The molecule has 0 spiro atoms. The number of hydrogen-bond donors (Lipinski definition) is 1. The summed E-state index contributed by atoms with van der Waals surface area (Å²) in [7, 11) is 4.25. The van der Waals surface area contributed by atoms with E-state index in [-0.39, 0.29) is 0 Å². The van der Waals surface area contributed by atoms with Crippen molar-refractivity contribution in [1.29, 1.82) is 0 Å². The molecule has 1 saturated heterocycles. The van der Waals surface area contributed by atoms with Gasteiger partial charge in [-0.1, -0.05) is 0 Å². The van der Waals surface area contributed by atoms with Crippen LogP contribution in [0.3, 0.4) is 0 Å². The maximum absolute atomic E-state index is 9.70. The highest BCUT2D eigenvalue weighted by molar-refractivity contribution is 4.75. The van der Waals surface area contributed by atoms with Crippen LogP contribution in [0.25, 0.3) is 0 Å². The zero-order chi connectivity index (χ0) is 12.9. The van der Waals surface area contributed by atoms with E-state index >= 15 is 0 Å². The van der Waals surface area contributed by atoms with Gasteiger partial charge in [-0.3, -0.25) is 4.90 Å². The Morgan fingerprint density at radius 2 is 1.47 bits per heavy atom. The molecule has 0 aliphatic carbocycles. The maximum atomic E-state index is 9.70. The normalized spacial score (nSPS) is 20.1. The van der Waals surface area contributed by atoms with E-state index in [9.17, 15) is 5.11 Å². The predicted molar refractivity (Wildman–Crippen MR) is 72.3 cm³/mol. The summed E-state index contributed by atoms with van der Waals surface area (Å²) in [5.41, 5.74) is -0.526. The third kappa shape index (κ3) is 6.99. The minimum absolute atomic E-state index is 0.526. The zero-order valence-electron chi connectivity index (χ0n) is 11.9. The highest BCUT2D eigenvalue weighted by Crippen LogP contribution is 2.10. The molecule has 102 valence electrons. The molecule has 0 aromatic heterocycles. The number of rotatable bonds is 6. The number of likely N-dealkylation sites (N-methyl/N-ethyl adjacent to an activating group) is 1. The maximum Gasteiger partial charge on any atom is 0.0603 e. The molecular formula is C13H29N3O. The topological polar surface area (TPSA) is 30.0 Å². The summed E-state index contributed by atoms with van der Waals surface area (Å²) in [6.45, 7) is 11.7. The molecule has 0 bridgehead atoms. The van der Waals surface area contributed by atoms with Crippen molar-refractivity contribution in [3.05, 3.63) is 0 Å². The zero-order valence-corrected chi connectivity index (χ0v) is 11.9. The molecule has 4 nitrogen and oxygen atoms in total. The van der Waals surface area contributed by atoms with Crippen molar-refractivity contribution in [1.82, 2.24) is 14.7 Å². The van der Waals surface area contributed by atoms with Gasteiger partial charge in [-0.05, 0) is 34.4 Å². The van der Waals surface area contributed by atoms with E-state index in [0.717, 1.165) is 32.6 Å². The summed E-state index contributed by atoms with van der Waals surface area (Å²) in [5, 5.41) is 9.70. The van der Waals surface area contributed by atoms with E-state index in [0.29, 0.717) is 0 Å². The second-order valence-corrected chi connectivity index (χ2v) is 6.05. The number of piperazine rings is 1. The number of hydrogen-bond acceptors (Lipinski definition) is 4. The van der Waals surface area contributed by atoms with E-state index in [2.05, 4.69) is 28.8 Å². The Kier molecular flexibility index (Phi) is 5.86. The van der Waals surface area contributed by atoms with Gasteiger partial charge in [0.2, 0.25) is 0 Å². The van der Waals surface area contributed by atoms with Gasteiger partial charge in [0, 0.05) is 45.8 Å². The van der Waals surface area contributed by atoms with Crippen molar-refractivity contribution in [3.63, 3.8) is 0 Å². The Labute approximate surface area is 106 Å². The second-order valence-electron chi connectivity index (χ2n) is 6.05. The van der Waals surface area contributed by atoms with Crippen LogP contribution in [0.1, 0.15) is 20.3 Å². The summed E-state index contributed by atoms with van der Waals surface area (Å²) in [6.07, 6.45) is 0.866. The Bertz CT molecular complexity index is 205.